The molecule has 0 spiro atoms. The Balaban J connectivity index is 2.30. The smallest absolute Gasteiger partial charge is 0.335 e. The first kappa shape index (κ1) is 14.7. The Kier molecular flexibility index (Phi) is 4.32. The third-order valence-corrected chi connectivity index (χ3v) is 2.84. The third kappa shape index (κ3) is 3.25. The van der Waals surface area contributed by atoms with E-state index < -0.39 is 5.97 Å². The Labute approximate surface area is 121 Å². The Morgan fingerprint density at radius 1 is 1.29 bits per heavy atom. The molecule has 1 N–H and O–H groups in total. The zero-order valence-electron chi connectivity index (χ0n) is 12.0. The molecule has 0 atom stereocenters. The van der Waals surface area contributed by atoms with Crippen molar-refractivity contribution in [3.8, 4) is 17.2 Å². The quantitative estimate of drug-likeness (QED) is 0.872. The molecule has 7 heteroatoms. The van der Waals surface area contributed by atoms with Gasteiger partial charge in [0.25, 0.3) is 0 Å². The van der Waals surface area contributed by atoms with Gasteiger partial charge >= 0.3 is 5.97 Å². The van der Waals surface area contributed by atoms with Crippen LogP contribution in [0.4, 0.5) is 0 Å². The van der Waals surface area contributed by atoms with Crippen molar-refractivity contribution in [3.63, 3.8) is 0 Å². The summed E-state index contributed by atoms with van der Waals surface area (Å²) in [6.07, 6.45) is 1.81. The molecular weight excluding hydrogens is 276 g/mol. The lowest BCUT2D eigenvalue weighted by molar-refractivity contribution is 0.0696. The van der Waals surface area contributed by atoms with Crippen molar-refractivity contribution >= 4 is 5.97 Å². The van der Waals surface area contributed by atoms with Crippen LogP contribution in [0.5, 0.6) is 17.2 Å². The van der Waals surface area contributed by atoms with Gasteiger partial charge in [-0.05, 0) is 18.2 Å². The summed E-state index contributed by atoms with van der Waals surface area (Å²) in [5, 5.41) is 13.3. The predicted octanol–water partition coefficient (Wildman–Crippen LogP) is 1.71. The fourth-order valence-electron chi connectivity index (χ4n) is 1.83. The van der Waals surface area contributed by atoms with Gasteiger partial charge < -0.3 is 19.3 Å². The second kappa shape index (κ2) is 6.17. The molecule has 7 nitrogen and oxygen atoms in total. The molecule has 1 heterocycles. The Bertz CT molecular complexity index is 626. The van der Waals surface area contributed by atoms with Gasteiger partial charge in [-0.15, -0.1) is 0 Å². The molecule has 0 fully saturated rings. The number of carboxylic acid groups (broad SMARTS) is 1. The first-order chi connectivity index (χ1) is 10.0. The molecule has 21 heavy (non-hydrogen) atoms. The number of nitrogens with zero attached hydrogens (tertiary/aromatic N) is 2. The maximum absolute atomic E-state index is 11.1. The predicted molar refractivity (Wildman–Crippen MR) is 74.0 cm³/mol. The van der Waals surface area contributed by atoms with Gasteiger partial charge in [-0.25, -0.2) is 4.79 Å². The highest BCUT2D eigenvalue weighted by molar-refractivity contribution is 5.89. The number of ether oxygens (including phenoxy) is 3. The summed E-state index contributed by atoms with van der Waals surface area (Å²) in [7, 11) is 4.69. The summed E-state index contributed by atoms with van der Waals surface area (Å²) in [6, 6.07) is 4.60. The van der Waals surface area contributed by atoms with Crippen LogP contribution in [0.3, 0.4) is 0 Å². The SMILES string of the molecule is COc1cc(C(=O)O)cc(OC)c1OCc1ccn(C)n1. The minimum Gasteiger partial charge on any atom is -0.493 e. The minimum atomic E-state index is -1.07. The number of aromatic carboxylic acids is 1. The van der Waals surface area contributed by atoms with Crippen LogP contribution in [-0.2, 0) is 13.7 Å². The molecule has 0 aliphatic rings. The number of benzene rings is 1. The number of aromatic nitrogens is 2. The second-order valence-electron chi connectivity index (χ2n) is 4.28. The van der Waals surface area contributed by atoms with Crippen LogP contribution < -0.4 is 14.2 Å². The zero-order valence-corrected chi connectivity index (χ0v) is 12.0. The molecule has 0 aliphatic carbocycles. The summed E-state index contributed by atoms with van der Waals surface area (Å²) in [4.78, 5) is 11.1. The molecule has 0 unspecified atom stereocenters. The highest BCUT2D eigenvalue weighted by atomic mass is 16.5. The van der Waals surface area contributed by atoms with E-state index in [2.05, 4.69) is 5.10 Å². The molecule has 0 bridgehead atoms. The summed E-state index contributed by atoms with van der Waals surface area (Å²) in [5.41, 5.74) is 0.804. The first-order valence-electron chi connectivity index (χ1n) is 6.15. The van der Waals surface area contributed by atoms with E-state index in [1.165, 1.54) is 26.4 Å². The monoisotopic (exact) mass is 292 g/mol. The van der Waals surface area contributed by atoms with Crippen molar-refractivity contribution in [2.24, 2.45) is 7.05 Å². The van der Waals surface area contributed by atoms with E-state index in [0.717, 1.165) is 5.69 Å². The van der Waals surface area contributed by atoms with Crippen molar-refractivity contribution in [1.29, 1.82) is 0 Å². The van der Waals surface area contributed by atoms with Crippen molar-refractivity contribution in [2.75, 3.05) is 14.2 Å². The van der Waals surface area contributed by atoms with Gasteiger partial charge in [0.05, 0.1) is 25.5 Å². The van der Waals surface area contributed by atoms with E-state index in [1.807, 2.05) is 13.1 Å². The Morgan fingerprint density at radius 2 is 1.90 bits per heavy atom. The van der Waals surface area contributed by atoms with Gasteiger partial charge in [0.2, 0.25) is 5.75 Å². The molecule has 0 aliphatic heterocycles. The third-order valence-electron chi connectivity index (χ3n) is 2.84. The van der Waals surface area contributed by atoms with Crippen LogP contribution in [0.15, 0.2) is 24.4 Å². The van der Waals surface area contributed by atoms with E-state index >= 15 is 0 Å². The lowest BCUT2D eigenvalue weighted by Gasteiger charge is -2.14. The number of rotatable bonds is 6. The lowest BCUT2D eigenvalue weighted by atomic mass is 10.2. The van der Waals surface area contributed by atoms with Crippen molar-refractivity contribution in [2.45, 2.75) is 6.61 Å². The molecule has 0 saturated carbocycles. The maximum atomic E-state index is 11.1. The molecular formula is C14H16N2O5. The number of carboxylic acids is 1. The fraction of sp³-hybridized carbons (Fsp3) is 0.286. The highest BCUT2D eigenvalue weighted by Crippen LogP contribution is 2.39. The van der Waals surface area contributed by atoms with Gasteiger partial charge in [-0.1, -0.05) is 0 Å². The minimum absolute atomic E-state index is 0.0638. The topological polar surface area (TPSA) is 82.8 Å². The van der Waals surface area contributed by atoms with E-state index in [0.29, 0.717) is 17.2 Å². The number of methoxy groups -OCH3 is 2. The number of aryl methyl sites for hydroxylation is 1. The maximum Gasteiger partial charge on any atom is 0.335 e. The van der Waals surface area contributed by atoms with E-state index in [-0.39, 0.29) is 12.2 Å². The number of hydrogen-bond acceptors (Lipinski definition) is 5. The van der Waals surface area contributed by atoms with E-state index in [1.54, 1.807) is 10.9 Å². The van der Waals surface area contributed by atoms with Crippen LogP contribution >= 0.6 is 0 Å². The molecule has 2 rings (SSSR count). The molecule has 0 amide bonds. The highest BCUT2D eigenvalue weighted by Gasteiger charge is 2.17. The number of carbonyl (C=O) groups is 1. The molecule has 0 saturated heterocycles. The zero-order chi connectivity index (χ0) is 15.4. The van der Waals surface area contributed by atoms with Gasteiger partial charge in [0.15, 0.2) is 11.5 Å². The largest absolute Gasteiger partial charge is 0.493 e. The Morgan fingerprint density at radius 3 is 2.33 bits per heavy atom. The lowest BCUT2D eigenvalue weighted by Crippen LogP contribution is -2.04. The summed E-state index contributed by atoms with van der Waals surface area (Å²) >= 11 is 0. The fourth-order valence-corrected chi connectivity index (χ4v) is 1.83. The Hall–Kier alpha value is -2.70. The normalized spacial score (nSPS) is 10.2. The average Bonchev–Trinajstić information content (AvgIpc) is 2.89. The average molecular weight is 292 g/mol. The number of hydrogen-bond donors (Lipinski definition) is 1. The molecule has 1 aromatic heterocycles. The van der Waals surface area contributed by atoms with Gasteiger partial charge in [-0.3, -0.25) is 4.68 Å². The van der Waals surface area contributed by atoms with Crippen LogP contribution in [0.1, 0.15) is 16.1 Å². The van der Waals surface area contributed by atoms with Gasteiger partial charge in [0.1, 0.15) is 6.61 Å². The molecule has 112 valence electrons. The van der Waals surface area contributed by atoms with Crippen molar-refractivity contribution in [1.82, 2.24) is 9.78 Å². The van der Waals surface area contributed by atoms with Gasteiger partial charge in [0, 0.05) is 13.2 Å². The van der Waals surface area contributed by atoms with E-state index in [9.17, 15) is 4.79 Å². The molecule has 1 aromatic carbocycles. The van der Waals surface area contributed by atoms with Crippen LogP contribution in [0.25, 0.3) is 0 Å². The first-order valence-corrected chi connectivity index (χ1v) is 6.15. The second-order valence-corrected chi connectivity index (χ2v) is 4.28. The standard InChI is InChI=1S/C14H16N2O5/c1-16-5-4-10(15-16)8-21-13-11(19-2)6-9(14(17)18)7-12(13)20-3/h4-7H,8H2,1-3H3,(H,17,18). The van der Waals surface area contributed by atoms with Crippen LogP contribution in [0, 0.1) is 0 Å². The van der Waals surface area contributed by atoms with Crippen LogP contribution in [0.2, 0.25) is 0 Å². The van der Waals surface area contributed by atoms with Gasteiger partial charge in [-0.2, -0.15) is 5.10 Å². The van der Waals surface area contributed by atoms with E-state index in [4.69, 9.17) is 19.3 Å². The summed E-state index contributed by atoms with van der Waals surface area (Å²) in [5.74, 6) is -0.135. The summed E-state index contributed by atoms with van der Waals surface area (Å²) in [6.45, 7) is 0.222. The summed E-state index contributed by atoms with van der Waals surface area (Å²) < 4.78 is 17.7. The van der Waals surface area contributed by atoms with Crippen molar-refractivity contribution < 1.29 is 24.1 Å². The van der Waals surface area contributed by atoms with Crippen molar-refractivity contribution in [3.05, 3.63) is 35.7 Å². The molecule has 0 radical (unpaired) electrons. The van der Waals surface area contributed by atoms with Crippen LogP contribution in [-0.4, -0.2) is 35.1 Å². The molecule has 2 aromatic rings.